The highest BCUT2D eigenvalue weighted by atomic mass is 19.1. The SMILES string of the molecule is COCC1(F)CCN(c2ncnc3c2CCC3)C1. The fourth-order valence-electron chi connectivity index (χ4n) is 3.01. The molecule has 1 aliphatic carbocycles. The number of methoxy groups -OCH3 is 1. The maximum Gasteiger partial charge on any atom is 0.153 e. The number of anilines is 1. The smallest absolute Gasteiger partial charge is 0.153 e. The molecule has 0 radical (unpaired) electrons. The number of aryl methyl sites for hydroxylation is 1. The third kappa shape index (κ3) is 1.96. The fraction of sp³-hybridized carbons (Fsp3) is 0.692. The first-order chi connectivity index (χ1) is 8.72. The van der Waals surface area contributed by atoms with Crippen LogP contribution in [-0.4, -0.2) is 42.4 Å². The van der Waals surface area contributed by atoms with Gasteiger partial charge in [0, 0.05) is 31.3 Å². The van der Waals surface area contributed by atoms with E-state index in [1.54, 1.807) is 13.4 Å². The number of alkyl halides is 1. The molecular formula is C13H18FN3O. The zero-order valence-corrected chi connectivity index (χ0v) is 10.7. The molecule has 0 saturated carbocycles. The van der Waals surface area contributed by atoms with Gasteiger partial charge in [-0.05, 0) is 19.3 Å². The maximum absolute atomic E-state index is 14.4. The number of rotatable bonds is 3. The molecule has 0 bridgehead atoms. The molecule has 0 N–H and O–H groups in total. The van der Waals surface area contributed by atoms with E-state index in [-0.39, 0.29) is 6.61 Å². The molecule has 2 aliphatic rings. The Bertz CT molecular complexity index is 454. The van der Waals surface area contributed by atoms with Gasteiger partial charge in [0.2, 0.25) is 0 Å². The highest BCUT2D eigenvalue weighted by Gasteiger charge is 2.40. The Kier molecular flexibility index (Phi) is 2.93. The predicted octanol–water partition coefficient (Wildman–Crippen LogP) is 1.53. The van der Waals surface area contributed by atoms with Crippen LogP contribution < -0.4 is 4.90 Å². The van der Waals surface area contributed by atoms with Crippen LogP contribution in [0.25, 0.3) is 0 Å². The Hall–Kier alpha value is -1.23. The molecule has 5 heteroatoms. The van der Waals surface area contributed by atoms with Crippen molar-refractivity contribution in [3.05, 3.63) is 17.6 Å². The van der Waals surface area contributed by atoms with Crippen molar-refractivity contribution in [2.45, 2.75) is 31.4 Å². The summed E-state index contributed by atoms with van der Waals surface area (Å²) in [6, 6.07) is 0. The van der Waals surface area contributed by atoms with Gasteiger partial charge in [-0.2, -0.15) is 0 Å². The summed E-state index contributed by atoms with van der Waals surface area (Å²) in [7, 11) is 1.55. The van der Waals surface area contributed by atoms with Crippen LogP contribution in [0.3, 0.4) is 0 Å². The lowest BCUT2D eigenvalue weighted by atomic mass is 10.1. The van der Waals surface area contributed by atoms with Crippen molar-refractivity contribution in [3.8, 4) is 0 Å². The number of halogens is 1. The molecule has 2 heterocycles. The second-order valence-electron chi connectivity index (χ2n) is 5.23. The highest BCUT2D eigenvalue weighted by Crippen LogP contribution is 2.34. The van der Waals surface area contributed by atoms with Gasteiger partial charge in [-0.25, -0.2) is 14.4 Å². The second kappa shape index (κ2) is 4.46. The normalized spacial score (nSPS) is 26.7. The summed E-state index contributed by atoms with van der Waals surface area (Å²) >= 11 is 0. The van der Waals surface area contributed by atoms with Crippen LogP contribution in [0, 0.1) is 0 Å². The van der Waals surface area contributed by atoms with Crippen molar-refractivity contribution in [3.63, 3.8) is 0 Å². The minimum Gasteiger partial charge on any atom is -0.381 e. The first-order valence-electron chi connectivity index (χ1n) is 6.47. The third-order valence-electron chi connectivity index (χ3n) is 3.86. The molecule has 1 fully saturated rings. The highest BCUT2D eigenvalue weighted by molar-refractivity contribution is 5.51. The van der Waals surface area contributed by atoms with Gasteiger partial charge >= 0.3 is 0 Å². The van der Waals surface area contributed by atoms with Crippen LogP contribution in [0.5, 0.6) is 0 Å². The van der Waals surface area contributed by atoms with E-state index in [2.05, 4.69) is 9.97 Å². The average Bonchev–Trinajstić information content (AvgIpc) is 2.95. The standard InChI is InChI=1S/C13H18FN3O/c1-18-8-13(14)5-6-17(7-13)12-10-3-2-4-11(10)15-9-16-12/h9H,2-8H2,1H3. The molecule has 0 aromatic carbocycles. The summed E-state index contributed by atoms with van der Waals surface area (Å²) in [6.45, 7) is 1.25. The van der Waals surface area contributed by atoms with Gasteiger partial charge < -0.3 is 9.64 Å². The lowest BCUT2D eigenvalue weighted by Crippen LogP contribution is -2.33. The predicted molar refractivity (Wildman–Crippen MR) is 66.6 cm³/mol. The van der Waals surface area contributed by atoms with E-state index < -0.39 is 5.67 Å². The van der Waals surface area contributed by atoms with E-state index in [1.165, 1.54) is 5.56 Å². The van der Waals surface area contributed by atoms with E-state index in [4.69, 9.17) is 4.74 Å². The van der Waals surface area contributed by atoms with Crippen LogP contribution in [0.15, 0.2) is 6.33 Å². The van der Waals surface area contributed by atoms with E-state index in [1.807, 2.05) is 4.90 Å². The number of aromatic nitrogens is 2. The Balaban J connectivity index is 1.83. The minimum absolute atomic E-state index is 0.163. The number of ether oxygens (including phenoxy) is 1. The van der Waals surface area contributed by atoms with Crippen LogP contribution in [0.2, 0.25) is 0 Å². The molecule has 0 amide bonds. The summed E-state index contributed by atoms with van der Waals surface area (Å²) < 4.78 is 19.4. The van der Waals surface area contributed by atoms with Gasteiger partial charge in [-0.3, -0.25) is 0 Å². The van der Waals surface area contributed by atoms with Gasteiger partial charge in [-0.1, -0.05) is 0 Å². The first-order valence-corrected chi connectivity index (χ1v) is 6.47. The lowest BCUT2D eigenvalue weighted by Gasteiger charge is -2.22. The summed E-state index contributed by atoms with van der Waals surface area (Å²) in [5, 5.41) is 0. The van der Waals surface area contributed by atoms with Crippen molar-refractivity contribution in [1.82, 2.24) is 9.97 Å². The van der Waals surface area contributed by atoms with Crippen LogP contribution in [-0.2, 0) is 17.6 Å². The molecule has 1 atom stereocenters. The van der Waals surface area contributed by atoms with Crippen molar-refractivity contribution in [1.29, 1.82) is 0 Å². The van der Waals surface area contributed by atoms with Gasteiger partial charge in [0.1, 0.15) is 12.1 Å². The Morgan fingerprint density at radius 1 is 1.44 bits per heavy atom. The molecule has 18 heavy (non-hydrogen) atoms. The number of fused-ring (bicyclic) bond motifs is 1. The van der Waals surface area contributed by atoms with Crippen LogP contribution in [0.4, 0.5) is 10.2 Å². The molecule has 3 rings (SSSR count). The Morgan fingerprint density at radius 2 is 2.33 bits per heavy atom. The van der Waals surface area contributed by atoms with Gasteiger partial charge in [0.25, 0.3) is 0 Å². The lowest BCUT2D eigenvalue weighted by molar-refractivity contribution is 0.0570. The van der Waals surface area contributed by atoms with Crippen molar-refractivity contribution in [2.75, 3.05) is 31.7 Å². The van der Waals surface area contributed by atoms with E-state index in [9.17, 15) is 4.39 Å². The van der Waals surface area contributed by atoms with Crippen LogP contribution in [0.1, 0.15) is 24.1 Å². The third-order valence-corrected chi connectivity index (χ3v) is 3.86. The summed E-state index contributed by atoms with van der Waals surface area (Å²) in [5.41, 5.74) is 1.13. The molecule has 1 aliphatic heterocycles. The quantitative estimate of drug-likeness (QED) is 0.816. The Labute approximate surface area is 106 Å². The first kappa shape index (κ1) is 11.8. The maximum atomic E-state index is 14.4. The fourth-order valence-corrected chi connectivity index (χ4v) is 3.01. The minimum atomic E-state index is -1.23. The zero-order chi connectivity index (χ0) is 12.6. The summed E-state index contributed by atoms with van der Waals surface area (Å²) in [4.78, 5) is 10.7. The van der Waals surface area contributed by atoms with Crippen molar-refractivity contribution in [2.24, 2.45) is 0 Å². The Morgan fingerprint density at radius 3 is 3.17 bits per heavy atom. The number of nitrogens with zero attached hydrogens (tertiary/aromatic N) is 3. The zero-order valence-electron chi connectivity index (χ0n) is 10.7. The van der Waals surface area contributed by atoms with Gasteiger partial charge in [0.15, 0.2) is 5.67 Å². The van der Waals surface area contributed by atoms with E-state index in [0.29, 0.717) is 19.5 Å². The monoisotopic (exact) mass is 251 g/mol. The van der Waals surface area contributed by atoms with E-state index in [0.717, 1.165) is 30.8 Å². The van der Waals surface area contributed by atoms with E-state index >= 15 is 0 Å². The van der Waals surface area contributed by atoms with Crippen LogP contribution >= 0.6 is 0 Å². The molecule has 1 aromatic rings. The number of hydrogen-bond acceptors (Lipinski definition) is 4. The molecule has 1 unspecified atom stereocenters. The molecule has 1 saturated heterocycles. The molecule has 0 spiro atoms. The van der Waals surface area contributed by atoms with Gasteiger partial charge in [-0.15, -0.1) is 0 Å². The molecule has 1 aromatic heterocycles. The topological polar surface area (TPSA) is 38.2 Å². The van der Waals surface area contributed by atoms with Gasteiger partial charge in [0.05, 0.1) is 13.2 Å². The molecular weight excluding hydrogens is 233 g/mol. The van der Waals surface area contributed by atoms with Crippen molar-refractivity contribution < 1.29 is 9.13 Å². The molecule has 98 valence electrons. The van der Waals surface area contributed by atoms with Crippen molar-refractivity contribution >= 4 is 5.82 Å². The largest absolute Gasteiger partial charge is 0.381 e. The summed E-state index contributed by atoms with van der Waals surface area (Å²) in [5.74, 6) is 0.938. The number of hydrogen-bond donors (Lipinski definition) is 0. The summed E-state index contributed by atoms with van der Waals surface area (Å²) in [6.07, 6.45) is 5.30. The second-order valence-corrected chi connectivity index (χ2v) is 5.23. The average molecular weight is 251 g/mol. The molecule has 4 nitrogen and oxygen atoms in total.